The van der Waals surface area contributed by atoms with Crippen LogP contribution >= 0.6 is 0 Å². The van der Waals surface area contributed by atoms with Crippen molar-refractivity contribution in [3.63, 3.8) is 0 Å². The number of hydroxylamine groups is 1. The minimum Gasteiger partial charge on any atom is -0.493 e. The number of hydrogen-bond donors (Lipinski definition) is 2. The van der Waals surface area contributed by atoms with Crippen molar-refractivity contribution in [3.8, 4) is 5.75 Å². The van der Waals surface area contributed by atoms with Crippen molar-refractivity contribution >= 4 is 11.9 Å². The summed E-state index contributed by atoms with van der Waals surface area (Å²) in [5.74, 6) is 1.53. The zero-order chi connectivity index (χ0) is 24.3. The number of aliphatic imine (C=N–C) groups is 1. The standard InChI is InChI=1S/C24H42N4O4/c1-17(15-24(3,4)18(2)32-27-23(25-5)26-6)16-31-20-12-10-19(11-13-20)14-21(28(7)8)22(29)30-9/h10-13,17-18,21H,14-16H2,1-9H3,(H2,25,26,27)/t17?,18?,21-/m0/s1. The molecule has 32 heavy (non-hydrogen) atoms. The van der Waals surface area contributed by atoms with Gasteiger partial charge >= 0.3 is 5.97 Å². The summed E-state index contributed by atoms with van der Waals surface area (Å²) in [5.41, 5.74) is 3.87. The SMILES string of the molecule is CN=C(NC)NOC(C)C(C)(C)CC(C)COc1ccc(C[C@@H](C(=O)OC)N(C)C)cc1. The first-order valence-corrected chi connectivity index (χ1v) is 11.1. The van der Waals surface area contributed by atoms with E-state index in [4.69, 9.17) is 14.3 Å². The van der Waals surface area contributed by atoms with E-state index in [2.05, 4.69) is 43.5 Å². The highest BCUT2D eigenvalue weighted by Crippen LogP contribution is 2.31. The molecule has 0 fully saturated rings. The molecule has 0 aromatic heterocycles. The number of nitrogens with one attached hydrogen (secondary N) is 2. The highest BCUT2D eigenvalue weighted by Gasteiger charge is 2.29. The number of benzene rings is 1. The summed E-state index contributed by atoms with van der Waals surface area (Å²) in [5, 5.41) is 2.93. The van der Waals surface area contributed by atoms with Crippen molar-refractivity contribution in [2.75, 3.05) is 41.9 Å². The van der Waals surface area contributed by atoms with Gasteiger partial charge in [0, 0.05) is 14.1 Å². The first-order valence-electron chi connectivity index (χ1n) is 11.1. The van der Waals surface area contributed by atoms with Crippen LogP contribution in [0.5, 0.6) is 5.75 Å². The number of carbonyl (C=O) groups excluding carboxylic acids is 1. The van der Waals surface area contributed by atoms with Gasteiger partial charge in [-0.2, -0.15) is 0 Å². The molecule has 0 bridgehead atoms. The van der Waals surface area contributed by atoms with Crippen molar-refractivity contribution in [3.05, 3.63) is 29.8 Å². The Labute approximate surface area is 193 Å². The molecule has 0 heterocycles. The molecular formula is C24H42N4O4. The molecule has 0 saturated heterocycles. The fourth-order valence-electron chi connectivity index (χ4n) is 3.43. The first-order chi connectivity index (χ1) is 15.0. The van der Waals surface area contributed by atoms with Gasteiger partial charge in [0.15, 0.2) is 0 Å². The predicted molar refractivity (Wildman–Crippen MR) is 129 cm³/mol. The fraction of sp³-hybridized carbons (Fsp3) is 0.667. The highest BCUT2D eigenvalue weighted by molar-refractivity contribution is 5.78. The molecule has 8 heteroatoms. The number of likely N-dealkylation sites (N-methyl/N-ethyl adjacent to an activating group) is 1. The summed E-state index contributed by atoms with van der Waals surface area (Å²) >= 11 is 0. The smallest absolute Gasteiger partial charge is 0.323 e. The molecule has 0 aliphatic rings. The molecule has 182 valence electrons. The number of nitrogens with zero attached hydrogens (tertiary/aromatic N) is 2. The van der Waals surface area contributed by atoms with Crippen LogP contribution in [0.3, 0.4) is 0 Å². The second-order valence-electron chi connectivity index (χ2n) is 9.14. The van der Waals surface area contributed by atoms with Gasteiger partial charge in [-0.15, -0.1) is 0 Å². The lowest BCUT2D eigenvalue weighted by Gasteiger charge is -2.33. The van der Waals surface area contributed by atoms with E-state index in [0.29, 0.717) is 24.9 Å². The van der Waals surface area contributed by atoms with E-state index in [0.717, 1.165) is 17.7 Å². The predicted octanol–water partition coefficient (Wildman–Crippen LogP) is 2.88. The van der Waals surface area contributed by atoms with Gasteiger partial charge in [-0.3, -0.25) is 19.5 Å². The quantitative estimate of drug-likeness (QED) is 0.219. The van der Waals surface area contributed by atoms with Crippen LogP contribution in [0.15, 0.2) is 29.3 Å². The minimum atomic E-state index is -0.305. The Morgan fingerprint density at radius 3 is 2.31 bits per heavy atom. The number of guanidine groups is 1. The number of esters is 1. The number of carbonyl (C=O) groups is 1. The van der Waals surface area contributed by atoms with Gasteiger partial charge in [0.05, 0.1) is 19.8 Å². The van der Waals surface area contributed by atoms with Gasteiger partial charge in [0.25, 0.3) is 0 Å². The monoisotopic (exact) mass is 450 g/mol. The average molecular weight is 451 g/mol. The van der Waals surface area contributed by atoms with Crippen LogP contribution in [0.1, 0.15) is 39.7 Å². The van der Waals surface area contributed by atoms with Crippen LogP contribution in [0.2, 0.25) is 0 Å². The second-order valence-corrected chi connectivity index (χ2v) is 9.14. The largest absolute Gasteiger partial charge is 0.493 e. The molecule has 0 saturated carbocycles. The lowest BCUT2D eigenvalue weighted by molar-refractivity contribution is -0.145. The molecule has 1 rings (SSSR count). The third-order valence-electron chi connectivity index (χ3n) is 5.75. The highest BCUT2D eigenvalue weighted by atomic mass is 16.7. The molecule has 0 aliphatic heterocycles. The van der Waals surface area contributed by atoms with Crippen LogP contribution < -0.4 is 15.5 Å². The second kappa shape index (κ2) is 13.3. The molecule has 0 radical (unpaired) electrons. The number of methoxy groups -OCH3 is 1. The summed E-state index contributed by atoms with van der Waals surface area (Å²) in [7, 11) is 8.66. The molecular weight excluding hydrogens is 408 g/mol. The van der Waals surface area contributed by atoms with Crippen LogP contribution in [0, 0.1) is 11.3 Å². The van der Waals surface area contributed by atoms with E-state index in [9.17, 15) is 4.79 Å². The van der Waals surface area contributed by atoms with Crippen molar-refractivity contribution in [2.45, 2.75) is 52.7 Å². The van der Waals surface area contributed by atoms with Gasteiger partial charge in [0.1, 0.15) is 11.8 Å². The molecule has 2 unspecified atom stereocenters. The molecule has 8 nitrogen and oxygen atoms in total. The normalized spacial score (nSPS) is 15.1. The number of rotatable bonds is 12. The van der Waals surface area contributed by atoms with Gasteiger partial charge in [-0.25, -0.2) is 5.48 Å². The Hall–Kier alpha value is -2.32. The Balaban J connectivity index is 2.56. The Morgan fingerprint density at radius 1 is 1.19 bits per heavy atom. The minimum absolute atomic E-state index is 0.0196. The molecule has 1 aromatic rings. The Morgan fingerprint density at radius 2 is 1.81 bits per heavy atom. The molecule has 0 amide bonds. The maximum absolute atomic E-state index is 12.0. The zero-order valence-corrected chi connectivity index (χ0v) is 21.2. The average Bonchev–Trinajstić information content (AvgIpc) is 2.76. The van der Waals surface area contributed by atoms with Crippen LogP contribution in [0.4, 0.5) is 0 Å². The fourth-order valence-corrected chi connectivity index (χ4v) is 3.43. The van der Waals surface area contributed by atoms with Crippen molar-refractivity contribution < 1.29 is 19.1 Å². The lowest BCUT2D eigenvalue weighted by atomic mass is 9.79. The van der Waals surface area contributed by atoms with Crippen molar-refractivity contribution in [2.24, 2.45) is 16.3 Å². The summed E-state index contributed by atoms with van der Waals surface area (Å²) in [6, 6.07) is 7.60. The van der Waals surface area contributed by atoms with E-state index in [1.807, 2.05) is 43.3 Å². The summed E-state index contributed by atoms with van der Waals surface area (Å²) in [6.07, 6.45) is 1.51. The first kappa shape index (κ1) is 27.7. The van der Waals surface area contributed by atoms with Crippen molar-refractivity contribution in [1.29, 1.82) is 0 Å². The van der Waals surface area contributed by atoms with Gasteiger partial charge < -0.3 is 14.8 Å². The molecule has 2 N–H and O–H groups in total. The van der Waals surface area contributed by atoms with Gasteiger partial charge in [-0.1, -0.05) is 32.9 Å². The van der Waals surface area contributed by atoms with Crippen LogP contribution in [-0.2, 0) is 20.8 Å². The van der Waals surface area contributed by atoms with E-state index in [1.54, 1.807) is 14.1 Å². The number of ether oxygens (including phenoxy) is 2. The lowest BCUT2D eigenvalue weighted by Crippen LogP contribution is -2.42. The molecule has 0 spiro atoms. The van der Waals surface area contributed by atoms with Gasteiger partial charge in [-0.05, 0) is 62.9 Å². The van der Waals surface area contributed by atoms with E-state index in [1.165, 1.54) is 7.11 Å². The Bertz CT molecular complexity index is 719. The van der Waals surface area contributed by atoms with E-state index < -0.39 is 0 Å². The van der Waals surface area contributed by atoms with Crippen molar-refractivity contribution in [1.82, 2.24) is 15.7 Å². The van der Waals surface area contributed by atoms with E-state index >= 15 is 0 Å². The van der Waals surface area contributed by atoms with Gasteiger partial charge in [0.2, 0.25) is 5.96 Å². The topological polar surface area (TPSA) is 84.4 Å². The maximum Gasteiger partial charge on any atom is 0.323 e. The third kappa shape index (κ3) is 9.04. The summed E-state index contributed by atoms with van der Waals surface area (Å²) in [4.78, 5) is 23.7. The summed E-state index contributed by atoms with van der Waals surface area (Å²) < 4.78 is 10.9. The Kier molecular flexibility index (Phi) is 11.5. The maximum atomic E-state index is 12.0. The van der Waals surface area contributed by atoms with Crippen LogP contribution in [-0.4, -0.2) is 70.9 Å². The molecule has 3 atom stereocenters. The summed E-state index contributed by atoms with van der Waals surface area (Å²) in [6.45, 7) is 9.23. The van der Waals surface area contributed by atoms with Crippen LogP contribution in [0.25, 0.3) is 0 Å². The zero-order valence-electron chi connectivity index (χ0n) is 21.2. The van der Waals surface area contributed by atoms with E-state index in [-0.39, 0.29) is 23.5 Å². The number of hydrogen-bond acceptors (Lipinski definition) is 6. The molecule has 1 aromatic carbocycles. The molecule has 0 aliphatic carbocycles. The third-order valence-corrected chi connectivity index (χ3v) is 5.75.